The van der Waals surface area contributed by atoms with Crippen molar-refractivity contribution in [2.45, 2.75) is 6.92 Å². The molecule has 0 bridgehead atoms. The molecule has 14 heavy (non-hydrogen) atoms. The molecule has 0 fully saturated rings. The van der Waals surface area contributed by atoms with Gasteiger partial charge in [0.15, 0.2) is 0 Å². The summed E-state index contributed by atoms with van der Waals surface area (Å²) in [6, 6.07) is 2.40. The van der Waals surface area contributed by atoms with E-state index in [2.05, 4.69) is 0 Å². The topological polar surface area (TPSA) is 101 Å². The first-order chi connectivity index (χ1) is 6.43. The third-order valence-electron chi connectivity index (χ3n) is 1.87. The average Bonchev–Trinajstić information content (AvgIpc) is 2.08. The van der Waals surface area contributed by atoms with Gasteiger partial charge in [0.1, 0.15) is 0 Å². The second kappa shape index (κ2) is 3.37. The van der Waals surface area contributed by atoms with Crippen molar-refractivity contribution in [1.82, 2.24) is 0 Å². The fourth-order valence-electron chi connectivity index (χ4n) is 1.08. The highest BCUT2D eigenvalue weighted by atomic mass is 16.4. The lowest BCUT2D eigenvalue weighted by atomic mass is 10.0. The Kier molecular flexibility index (Phi) is 2.42. The molecule has 0 heterocycles. The van der Waals surface area contributed by atoms with Crippen molar-refractivity contribution in [3.8, 4) is 0 Å². The molecular weight excluding hydrogens is 186 g/mol. The van der Waals surface area contributed by atoms with E-state index in [1.165, 1.54) is 6.07 Å². The molecule has 0 aliphatic rings. The zero-order chi connectivity index (χ0) is 10.9. The van der Waals surface area contributed by atoms with Gasteiger partial charge in [-0.2, -0.15) is 0 Å². The van der Waals surface area contributed by atoms with Crippen molar-refractivity contribution in [2.75, 3.05) is 5.73 Å². The molecule has 0 spiro atoms. The first-order valence-corrected chi connectivity index (χ1v) is 3.80. The van der Waals surface area contributed by atoms with Gasteiger partial charge in [0.25, 0.3) is 0 Å². The van der Waals surface area contributed by atoms with Crippen LogP contribution in [0.2, 0.25) is 0 Å². The van der Waals surface area contributed by atoms with E-state index in [1.54, 1.807) is 6.92 Å². The standard InChI is InChI=1S/C9H9NO4/c1-4-2-5(8(11)12)6(9(13)14)3-7(4)10/h2-3H,10H2,1H3,(H,11,12)(H,13,14). The van der Waals surface area contributed by atoms with Crippen molar-refractivity contribution >= 4 is 17.6 Å². The first kappa shape index (κ1) is 10.0. The third kappa shape index (κ3) is 1.66. The SMILES string of the molecule is Cc1cc(C(=O)O)c(C(=O)O)cc1N. The van der Waals surface area contributed by atoms with Crippen LogP contribution in [0.15, 0.2) is 12.1 Å². The Balaban J connectivity index is 3.46. The minimum atomic E-state index is -1.30. The summed E-state index contributed by atoms with van der Waals surface area (Å²) in [5, 5.41) is 17.4. The lowest BCUT2D eigenvalue weighted by Crippen LogP contribution is -2.09. The lowest BCUT2D eigenvalue weighted by molar-refractivity contribution is 0.0651. The summed E-state index contributed by atoms with van der Waals surface area (Å²) in [4.78, 5) is 21.4. The second-order valence-electron chi connectivity index (χ2n) is 2.86. The Morgan fingerprint density at radius 2 is 1.57 bits per heavy atom. The number of aromatic carboxylic acids is 2. The molecule has 1 aromatic carbocycles. The number of carboxylic acids is 2. The minimum absolute atomic E-state index is 0.246. The van der Waals surface area contributed by atoms with Crippen LogP contribution in [0.25, 0.3) is 0 Å². The molecule has 74 valence electrons. The Bertz CT molecular complexity index is 373. The van der Waals surface area contributed by atoms with Crippen LogP contribution in [-0.2, 0) is 0 Å². The maximum atomic E-state index is 10.7. The molecule has 0 radical (unpaired) electrons. The van der Waals surface area contributed by atoms with Crippen LogP contribution in [-0.4, -0.2) is 22.2 Å². The summed E-state index contributed by atoms with van der Waals surface area (Å²) < 4.78 is 0. The number of benzene rings is 1. The summed E-state index contributed by atoms with van der Waals surface area (Å²) in [5.41, 5.74) is 5.75. The Morgan fingerprint density at radius 3 is 2.00 bits per heavy atom. The Morgan fingerprint density at radius 1 is 1.14 bits per heavy atom. The highest BCUT2D eigenvalue weighted by Gasteiger charge is 2.17. The molecule has 0 saturated carbocycles. The van der Waals surface area contributed by atoms with E-state index in [9.17, 15) is 9.59 Å². The molecule has 0 atom stereocenters. The van der Waals surface area contributed by atoms with Crippen molar-refractivity contribution in [3.63, 3.8) is 0 Å². The van der Waals surface area contributed by atoms with Crippen molar-refractivity contribution in [1.29, 1.82) is 0 Å². The zero-order valence-electron chi connectivity index (χ0n) is 7.44. The highest BCUT2D eigenvalue weighted by Crippen LogP contribution is 2.18. The van der Waals surface area contributed by atoms with Gasteiger partial charge in [-0.1, -0.05) is 0 Å². The van der Waals surface area contributed by atoms with Crippen LogP contribution in [0.4, 0.5) is 5.69 Å². The molecule has 0 saturated heterocycles. The molecule has 0 unspecified atom stereocenters. The Labute approximate surface area is 79.8 Å². The summed E-state index contributed by atoms with van der Waals surface area (Å²) >= 11 is 0. The van der Waals surface area contributed by atoms with E-state index in [0.717, 1.165) is 6.07 Å². The summed E-state index contributed by atoms with van der Waals surface area (Å²) in [6.45, 7) is 1.62. The van der Waals surface area contributed by atoms with E-state index in [-0.39, 0.29) is 16.8 Å². The van der Waals surface area contributed by atoms with Crippen LogP contribution >= 0.6 is 0 Å². The summed E-state index contributed by atoms with van der Waals surface area (Å²) in [5.74, 6) is -2.57. The highest BCUT2D eigenvalue weighted by molar-refractivity contribution is 6.02. The van der Waals surface area contributed by atoms with Gasteiger partial charge in [-0.3, -0.25) is 0 Å². The number of hydrogen-bond donors (Lipinski definition) is 3. The maximum Gasteiger partial charge on any atom is 0.336 e. The van der Waals surface area contributed by atoms with Crippen LogP contribution < -0.4 is 5.73 Å². The smallest absolute Gasteiger partial charge is 0.336 e. The van der Waals surface area contributed by atoms with Gasteiger partial charge in [0.2, 0.25) is 0 Å². The fraction of sp³-hybridized carbons (Fsp3) is 0.111. The third-order valence-corrected chi connectivity index (χ3v) is 1.87. The molecule has 5 nitrogen and oxygen atoms in total. The molecular formula is C9H9NO4. The molecule has 0 aromatic heterocycles. The molecule has 5 heteroatoms. The lowest BCUT2D eigenvalue weighted by Gasteiger charge is -2.05. The number of anilines is 1. The fourth-order valence-corrected chi connectivity index (χ4v) is 1.08. The summed E-state index contributed by atoms with van der Waals surface area (Å²) in [6.07, 6.45) is 0. The largest absolute Gasteiger partial charge is 0.478 e. The normalized spacial score (nSPS) is 9.79. The van der Waals surface area contributed by atoms with Crippen LogP contribution in [0, 0.1) is 6.92 Å². The van der Waals surface area contributed by atoms with Gasteiger partial charge >= 0.3 is 11.9 Å². The van der Waals surface area contributed by atoms with Gasteiger partial charge in [0.05, 0.1) is 11.1 Å². The Hall–Kier alpha value is -2.04. The van der Waals surface area contributed by atoms with E-state index in [0.29, 0.717) is 5.56 Å². The number of aryl methyl sites for hydroxylation is 1. The molecule has 0 aliphatic carbocycles. The second-order valence-corrected chi connectivity index (χ2v) is 2.86. The molecule has 1 aromatic rings. The minimum Gasteiger partial charge on any atom is -0.478 e. The van der Waals surface area contributed by atoms with E-state index >= 15 is 0 Å². The number of carboxylic acid groups (broad SMARTS) is 2. The van der Waals surface area contributed by atoms with Gasteiger partial charge < -0.3 is 15.9 Å². The molecule has 1 rings (SSSR count). The molecule has 4 N–H and O–H groups in total. The predicted octanol–water partition coefficient (Wildman–Crippen LogP) is 0.974. The molecule has 0 aliphatic heterocycles. The number of carbonyl (C=O) groups is 2. The van der Waals surface area contributed by atoms with Gasteiger partial charge in [-0.15, -0.1) is 0 Å². The zero-order valence-corrected chi connectivity index (χ0v) is 7.44. The van der Waals surface area contributed by atoms with Crippen LogP contribution in [0.1, 0.15) is 26.3 Å². The number of rotatable bonds is 2. The number of nitrogen functional groups attached to an aromatic ring is 1. The van der Waals surface area contributed by atoms with E-state index < -0.39 is 11.9 Å². The van der Waals surface area contributed by atoms with Crippen molar-refractivity contribution in [2.24, 2.45) is 0 Å². The summed E-state index contributed by atoms with van der Waals surface area (Å²) in [7, 11) is 0. The number of nitrogens with two attached hydrogens (primary N) is 1. The quantitative estimate of drug-likeness (QED) is 0.610. The van der Waals surface area contributed by atoms with Gasteiger partial charge in [-0.25, -0.2) is 9.59 Å². The average molecular weight is 195 g/mol. The monoisotopic (exact) mass is 195 g/mol. The van der Waals surface area contributed by atoms with Crippen molar-refractivity contribution < 1.29 is 19.8 Å². The van der Waals surface area contributed by atoms with E-state index in [4.69, 9.17) is 15.9 Å². The van der Waals surface area contributed by atoms with Crippen LogP contribution in [0.3, 0.4) is 0 Å². The van der Waals surface area contributed by atoms with Crippen molar-refractivity contribution in [3.05, 3.63) is 28.8 Å². The van der Waals surface area contributed by atoms with Crippen LogP contribution in [0.5, 0.6) is 0 Å². The van der Waals surface area contributed by atoms with E-state index in [1.807, 2.05) is 0 Å². The first-order valence-electron chi connectivity index (χ1n) is 3.80. The molecule has 0 amide bonds. The van der Waals surface area contributed by atoms with Gasteiger partial charge in [-0.05, 0) is 24.6 Å². The maximum absolute atomic E-state index is 10.7. The number of hydrogen-bond acceptors (Lipinski definition) is 3. The predicted molar refractivity (Wildman–Crippen MR) is 49.5 cm³/mol. The van der Waals surface area contributed by atoms with Gasteiger partial charge in [0, 0.05) is 5.69 Å².